The van der Waals surface area contributed by atoms with Gasteiger partial charge in [0.05, 0.1) is 5.25 Å². The van der Waals surface area contributed by atoms with E-state index in [1.165, 1.54) is 0 Å². The minimum absolute atomic E-state index is 0.101. The maximum absolute atomic E-state index is 12.4. The third kappa shape index (κ3) is 2.58. The van der Waals surface area contributed by atoms with E-state index in [2.05, 4.69) is 11.6 Å². The van der Waals surface area contributed by atoms with Crippen LogP contribution in [0.15, 0.2) is 0 Å². The first kappa shape index (κ1) is 14.9. The Morgan fingerprint density at radius 3 is 2.50 bits per heavy atom. The molecule has 1 aliphatic heterocycles. The molecule has 1 N–H and O–H groups in total. The first-order valence-electron chi connectivity index (χ1n) is 8.67. The van der Waals surface area contributed by atoms with Crippen LogP contribution in [0.5, 0.6) is 0 Å². The molecular formula is C16H26N2O3S. The molecule has 0 atom stereocenters. The second-order valence-corrected chi connectivity index (χ2v) is 10.2. The van der Waals surface area contributed by atoms with E-state index in [1.54, 1.807) is 0 Å². The number of sulfonamides is 1. The van der Waals surface area contributed by atoms with E-state index in [0.29, 0.717) is 11.8 Å². The number of carbonyl (C=O) groups is 1. The number of carbonyl (C=O) groups excluding carboxylic acids is 1. The summed E-state index contributed by atoms with van der Waals surface area (Å²) in [5.74, 6) is 1.31. The van der Waals surface area contributed by atoms with Gasteiger partial charge in [0.1, 0.15) is 0 Å². The maximum atomic E-state index is 12.4. The molecule has 124 valence electrons. The van der Waals surface area contributed by atoms with Crippen molar-refractivity contribution in [1.29, 1.82) is 0 Å². The van der Waals surface area contributed by atoms with Gasteiger partial charge in [-0.05, 0) is 56.3 Å². The quantitative estimate of drug-likeness (QED) is 0.851. The molecule has 1 saturated heterocycles. The first-order chi connectivity index (χ1) is 10.4. The number of amides is 1. The van der Waals surface area contributed by atoms with Crippen LogP contribution in [0.2, 0.25) is 0 Å². The topological polar surface area (TPSA) is 66.5 Å². The fraction of sp³-hybridized carbons (Fsp3) is 0.938. The van der Waals surface area contributed by atoms with Crippen LogP contribution in [-0.4, -0.2) is 43.6 Å². The lowest BCUT2D eigenvalue weighted by Crippen LogP contribution is -2.53. The number of hydrogen-bond donors (Lipinski definition) is 1. The van der Waals surface area contributed by atoms with Crippen LogP contribution in [-0.2, 0) is 14.8 Å². The zero-order valence-corrected chi connectivity index (χ0v) is 14.1. The van der Waals surface area contributed by atoms with Crippen LogP contribution in [0, 0.1) is 17.3 Å². The lowest BCUT2D eigenvalue weighted by Gasteiger charge is -2.45. The molecule has 4 fully saturated rings. The average Bonchev–Trinajstić information content (AvgIpc) is 3.15. The number of rotatable bonds is 4. The van der Waals surface area contributed by atoms with E-state index >= 15 is 0 Å². The van der Waals surface area contributed by atoms with Crippen LogP contribution in [0.4, 0.5) is 0 Å². The lowest BCUT2D eigenvalue weighted by atomic mass is 9.65. The molecule has 0 aromatic rings. The van der Waals surface area contributed by atoms with Gasteiger partial charge in [0.25, 0.3) is 0 Å². The second kappa shape index (κ2) is 4.94. The van der Waals surface area contributed by atoms with E-state index in [0.717, 1.165) is 58.0 Å². The number of nitrogens with zero attached hydrogens (tertiary/aromatic N) is 1. The van der Waals surface area contributed by atoms with Crippen LogP contribution in [0.1, 0.15) is 51.9 Å². The average molecular weight is 326 g/mol. The SMILES string of the molecule is CC1CC(C(=O)N2CCC3(CC(NS(=O)(=O)C4CC4)C3)C2)C1. The highest BCUT2D eigenvalue weighted by Gasteiger charge is 2.52. The summed E-state index contributed by atoms with van der Waals surface area (Å²) >= 11 is 0. The van der Waals surface area contributed by atoms with Gasteiger partial charge in [0.2, 0.25) is 15.9 Å². The standard InChI is InChI=1S/C16H26N2O3S/c1-11-6-12(7-11)15(19)18-5-4-16(10-18)8-13(9-16)17-22(20,21)14-2-3-14/h11-14,17H,2-10H2,1H3. The minimum atomic E-state index is -3.07. The third-order valence-electron chi connectivity index (χ3n) is 6.13. The van der Waals surface area contributed by atoms with Crippen LogP contribution in [0.3, 0.4) is 0 Å². The summed E-state index contributed by atoms with van der Waals surface area (Å²) in [4.78, 5) is 14.5. The zero-order valence-electron chi connectivity index (χ0n) is 13.3. The van der Waals surface area contributed by atoms with Crippen LogP contribution >= 0.6 is 0 Å². The number of hydrogen-bond acceptors (Lipinski definition) is 3. The molecule has 0 unspecified atom stereocenters. The summed E-state index contributed by atoms with van der Waals surface area (Å²) in [6.45, 7) is 3.92. The number of likely N-dealkylation sites (tertiary alicyclic amines) is 1. The highest BCUT2D eigenvalue weighted by molar-refractivity contribution is 7.90. The van der Waals surface area contributed by atoms with Crippen molar-refractivity contribution in [2.45, 2.75) is 63.2 Å². The van der Waals surface area contributed by atoms with Gasteiger partial charge in [-0.25, -0.2) is 13.1 Å². The smallest absolute Gasteiger partial charge is 0.225 e. The van der Waals surface area contributed by atoms with Crippen molar-refractivity contribution < 1.29 is 13.2 Å². The molecule has 1 spiro atoms. The molecule has 0 aromatic heterocycles. The van der Waals surface area contributed by atoms with Gasteiger partial charge in [-0.3, -0.25) is 4.79 Å². The number of nitrogens with one attached hydrogen (secondary N) is 1. The highest BCUT2D eigenvalue weighted by atomic mass is 32.2. The molecular weight excluding hydrogens is 300 g/mol. The van der Waals surface area contributed by atoms with Gasteiger partial charge >= 0.3 is 0 Å². The van der Waals surface area contributed by atoms with Crippen molar-refractivity contribution in [2.75, 3.05) is 13.1 Å². The van der Waals surface area contributed by atoms with Crippen molar-refractivity contribution in [1.82, 2.24) is 9.62 Å². The molecule has 3 aliphatic carbocycles. The predicted molar refractivity (Wildman–Crippen MR) is 83.6 cm³/mol. The Morgan fingerprint density at radius 2 is 1.91 bits per heavy atom. The van der Waals surface area contributed by atoms with Gasteiger partial charge in [0.15, 0.2) is 0 Å². The molecule has 4 aliphatic rings. The zero-order chi connectivity index (χ0) is 15.5. The summed E-state index contributed by atoms with van der Waals surface area (Å²) in [6, 6.07) is 0.101. The largest absolute Gasteiger partial charge is 0.342 e. The van der Waals surface area contributed by atoms with Gasteiger partial charge in [-0.1, -0.05) is 6.92 Å². The Kier molecular flexibility index (Phi) is 3.35. The normalized spacial score (nSPS) is 41.3. The molecule has 0 aromatic carbocycles. The van der Waals surface area contributed by atoms with E-state index in [-0.39, 0.29) is 22.6 Å². The predicted octanol–water partition coefficient (Wildman–Crippen LogP) is 1.50. The lowest BCUT2D eigenvalue weighted by molar-refractivity contribution is -0.139. The Hall–Kier alpha value is -0.620. The minimum Gasteiger partial charge on any atom is -0.342 e. The Labute approximate surface area is 132 Å². The van der Waals surface area contributed by atoms with Crippen molar-refractivity contribution in [2.24, 2.45) is 17.3 Å². The fourth-order valence-corrected chi connectivity index (χ4v) is 6.17. The molecule has 5 nitrogen and oxygen atoms in total. The van der Waals surface area contributed by atoms with E-state index in [9.17, 15) is 13.2 Å². The van der Waals surface area contributed by atoms with Crippen molar-refractivity contribution in [3.05, 3.63) is 0 Å². The van der Waals surface area contributed by atoms with Crippen molar-refractivity contribution in [3.63, 3.8) is 0 Å². The second-order valence-electron chi connectivity index (χ2n) is 8.25. The highest BCUT2D eigenvalue weighted by Crippen LogP contribution is 2.49. The van der Waals surface area contributed by atoms with Gasteiger partial charge < -0.3 is 4.90 Å². The Morgan fingerprint density at radius 1 is 1.23 bits per heavy atom. The van der Waals surface area contributed by atoms with Crippen LogP contribution < -0.4 is 4.72 Å². The molecule has 1 amide bonds. The first-order valence-corrected chi connectivity index (χ1v) is 10.2. The Bertz CT molecular complexity index is 572. The van der Waals surface area contributed by atoms with Crippen molar-refractivity contribution in [3.8, 4) is 0 Å². The molecule has 0 radical (unpaired) electrons. The third-order valence-corrected chi connectivity index (χ3v) is 8.14. The van der Waals surface area contributed by atoms with Gasteiger partial charge in [-0.15, -0.1) is 0 Å². The molecule has 6 heteroatoms. The van der Waals surface area contributed by atoms with Crippen molar-refractivity contribution >= 4 is 15.9 Å². The fourth-order valence-electron chi connectivity index (χ4n) is 4.59. The molecule has 22 heavy (non-hydrogen) atoms. The van der Waals surface area contributed by atoms with E-state index < -0.39 is 10.0 Å². The Balaban J connectivity index is 1.28. The molecule has 0 bridgehead atoms. The molecule has 1 heterocycles. The summed E-state index contributed by atoms with van der Waals surface area (Å²) < 4.78 is 26.8. The molecule has 3 saturated carbocycles. The van der Waals surface area contributed by atoms with Gasteiger partial charge in [0, 0.05) is 25.0 Å². The monoisotopic (exact) mass is 326 g/mol. The van der Waals surface area contributed by atoms with Crippen LogP contribution in [0.25, 0.3) is 0 Å². The van der Waals surface area contributed by atoms with Gasteiger partial charge in [-0.2, -0.15) is 0 Å². The summed E-state index contributed by atoms with van der Waals surface area (Å²) in [6.07, 6.45) is 6.58. The van der Waals surface area contributed by atoms with E-state index in [4.69, 9.17) is 0 Å². The molecule has 4 rings (SSSR count). The summed E-state index contributed by atoms with van der Waals surface area (Å²) in [5.41, 5.74) is 0.196. The summed E-state index contributed by atoms with van der Waals surface area (Å²) in [5, 5.41) is -0.133. The maximum Gasteiger partial charge on any atom is 0.225 e. The summed E-state index contributed by atoms with van der Waals surface area (Å²) in [7, 11) is -3.07. The van der Waals surface area contributed by atoms with E-state index in [1.807, 2.05) is 4.90 Å².